The van der Waals surface area contributed by atoms with E-state index < -0.39 is 5.60 Å². The van der Waals surface area contributed by atoms with Gasteiger partial charge in [0.25, 0.3) is 0 Å². The number of aromatic nitrogens is 2. The molecule has 0 bridgehead atoms. The van der Waals surface area contributed by atoms with E-state index in [4.69, 9.17) is 0 Å². The Hall–Kier alpha value is -1.39. The van der Waals surface area contributed by atoms with Gasteiger partial charge in [-0.3, -0.25) is 4.68 Å². The Morgan fingerprint density at radius 3 is 2.75 bits per heavy atom. The minimum atomic E-state index is -0.737. The summed E-state index contributed by atoms with van der Waals surface area (Å²) in [5.41, 5.74) is 1.34. The zero-order valence-electron chi connectivity index (χ0n) is 12.8. The maximum absolute atomic E-state index is 10.6. The molecule has 0 aliphatic rings. The van der Waals surface area contributed by atoms with Crippen molar-refractivity contribution < 1.29 is 5.11 Å². The SMILES string of the molecule is CC(C)NCCC(C)(O)Cc1nn(C)c2ccccc12. The van der Waals surface area contributed by atoms with Crippen LogP contribution in [0, 0.1) is 0 Å². The van der Waals surface area contributed by atoms with Gasteiger partial charge in [-0.2, -0.15) is 5.10 Å². The number of nitrogens with one attached hydrogen (secondary N) is 1. The lowest BCUT2D eigenvalue weighted by Gasteiger charge is -2.23. The molecule has 0 saturated carbocycles. The van der Waals surface area contributed by atoms with E-state index in [1.54, 1.807) is 0 Å². The topological polar surface area (TPSA) is 50.1 Å². The largest absolute Gasteiger partial charge is 0.390 e. The second kappa shape index (κ2) is 5.94. The number of para-hydroxylation sites is 1. The second-order valence-electron chi connectivity index (χ2n) is 6.12. The Bertz CT molecular complexity index is 572. The summed E-state index contributed by atoms with van der Waals surface area (Å²) in [5.74, 6) is 0. The number of benzene rings is 1. The van der Waals surface area contributed by atoms with Crippen LogP contribution in [0.3, 0.4) is 0 Å². The molecule has 0 aliphatic carbocycles. The number of rotatable bonds is 6. The maximum atomic E-state index is 10.6. The fourth-order valence-corrected chi connectivity index (χ4v) is 2.50. The van der Waals surface area contributed by atoms with Crippen LogP contribution in [-0.4, -0.2) is 33.1 Å². The van der Waals surface area contributed by atoms with E-state index in [1.165, 1.54) is 0 Å². The quantitative estimate of drug-likeness (QED) is 0.850. The number of nitrogens with zero attached hydrogens (tertiary/aromatic N) is 2. The molecule has 20 heavy (non-hydrogen) atoms. The van der Waals surface area contributed by atoms with E-state index in [9.17, 15) is 5.11 Å². The van der Waals surface area contributed by atoms with Crippen LogP contribution in [0.25, 0.3) is 10.9 Å². The van der Waals surface area contributed by atoms with E-state index >= 15 is 0 Å². The lowest BCUT2D eigenvalue weighted by molar-refractivity contribution is 0.0503. The van der Waals surface area contributed by atoms with Crippen LogP contribution in [0.1, 0.15) is 32.9 Å². The van der Waals surface area contributed by atoms with Crippen molar-refractivity contribution in [3.8, 4) is 0 Å². The first kappa shape index (κ1) is 15.0. The minimum Gasteiger partial charge on any atom is -0.390 e. The van der Waals surface area contributed by atoms with Crippen molar-refractivity contribution in [3.05, 3.63) is 30.0 Å². The molecule has 0 fully saturated rings. The highest BCUT2D eigenvalue weighted by molar-refractivity contribution is 5.81. The molecule has 0 saturated heterocycles. The molecule has 110 valence electrons. The molecule has 1 atom stereocenters. The van der Waals surface area contributed by atoms with E-state index in [1.807, 2.05) is 30.8 Å². The van der Waals surface area contributed by atoms with Gasteiger partial charge >= 0.3 is 0 Å². The summed E-state index contributed by atoms with van der Waals surface area (Å²) in [6, 6.07) is 8.60. The molecule has 2 aromatic rings. The Balaban J connectivity index is 2.11. The number of aliphatic hydroxyl groups is 1. The van der Waals surface area contributed by atoms with Crippen LogP contribution in [0.15, 0.2) is 24.3 Å². The monoisotopic (exact) mass is 275 g/mol. The van der Waals surface area contributed by atoms with Gasteiger partial charge in [-0.05, 0) is 26.0 Å². The van der Waals surface area contributed by atoms with Crippen molar-refractivity contribution in [2.45, 2.75) is 45.3 Å². The molecule has 0 aliphatic heterocycles. The number of fused-ring (bicyclic) bond motifs is 1. The first-order chi connectivity index (χ1) is 9.39. The predicted octanol–water partition coefficient (Wildman–Crippen LogP) is 2.25. The summed E-state index contributed by atoms with van der Waals surface area (Å²) in [6.45, 7) is 6.93. The fourth-order valence-electron chi connectivity index (χ4n) is 2.50. The Morgan fingerprint density at radius 2 is 2.05 bits per heavy atom. The van der Waals surface area contributed by atoms with Crippen molar-refractivity contribution >= 4 is 10.9 Å². The molecule has 1 unspecified atom stereocenters. The van der Waals surface area contributed by atoms with Crippen LogP contribution in [0.2, 0.25) is 0 Å². The van der Waals surface area contributed by atoms with Crippen LogP contribution in [0.4, 0.5) is 0 Å². The van der Waals surface area contributed by atoms with Crippen molar-refractivity contribution in [3.63, 3.8) is 0 Å². The smallest absolute Gasteiger partial charge is 0.0731 e. The van der Waals surface area contributed by atoms with Gasteiger partial charge in [-0.25, -0.2) is 0 Å². The van der Waals surface area contributed by atoms with Crippen LogP contribution in [-0.2, 0) is 13.5 Å². The van der Waals surface area contributed by atoms with Gasteiger partial charge in [-0.15, -0.1) is 0 Å². The molecule has 1 aromatic carbocycles. The maximum Gasteiger partial charge on any atom is 0.0731 e. The summed E-state index contributed by atoms with van der Waals surface area (Å²) < 4.78 is 1.88. The lowest BCUT2D eigenvalue weighted by Crippen LogP contribution is -2.34. The van der Waals surface area contributed by atoms with Gasteiger partial charge in [0.15, 0.2) is 0 Å². The van der Waals surface area contributed by atoms with Gasteiger partial charge in [0.05, 0.1) is 16.8 Å². The van der Waals surface area contributed by atoms with E-state index in [-0.39, 0.29) is 0 Å². The highest BCUT2D eigenvalue weighted by Crippen LogP contribution is 2.23. The Labute approximate surface area is 120 Å². The van der Waals surface area contributed by atoms with Gasteiger partial charge in [0, 0.05) is 24.9 Å². The third kappa shape index (κ3) is 3.58. The molecule has 2 rings (SSSR count). The van der Waals surface area contributed by atoms with Gasteiger partial charge in [-0.1, -0.05) is 32.0 Å². The normalized spacial score (nSPS) is 14.9. The zero-order valence-corrected chi connectivity index (χ0v) is 12.8. The Morgan fingerprint density at radius 1 is 1.35 bits per heavy atom. The van der Waals surface area contributed by atoms with Gasteiger partial charge < -0.3 is 10.4 Å². The minimum absolute atomic E-state index is 0.446. The van der Waals surface area contributed by atoms with E-state index in [0.717, 1.165) is 29.6 Å². The van der Waals surface area contributed by atoms with Crippen LogP contribution < -0.4 is 5.32 Å². The van der Waals surface area contributed by atoms with Gasteiger partial charge in [0.1, 0.15) is 0 Å². The molecular weight excluding hydrogens is 250 g/mol. The molecule has 4 nitrogen and oxygen atoms in total. The highest BCUT2D eigenvalue weighted by Gasteiger charge is 2.23. The van der Waals surface area contributed by atoms with Crippen LogP contribution >= 0.6 is 0 Å². The third-order valence-corrected chi connectivity index (χ3v) is 3.60. The molecule has 1 aromatic heterocycles. The third-order valence-electron chi connectivity index (χ3n) is 3.60. The summed E-state index contributed by atoms with van der Waals surface area (Å²) >= 11 is 0. The first-order valence-corrected chi connectivity index (χ1v) is 7.25. The fraction of sp³-hybridized carbons (Fsp3) is 0.562. The summed E-state index contributed by atoms with van der Waals surface area (Å²) in [7, 11) is 1.95. The average molecular weight is 275 g/mol. The summed E-state index contributed by atoms with van der Waals surface area (Å²) in [6.07, 6.45) is 1.30. The molecule has 1 heterocycles. The molecular formula is C16H25N3O. The first-order valence-electron chi connectivity index (χ1n) is 7.25. The average Bonchev–Trinajstić information content (AvgIpc) is 2.65. The van der Waals surface area contributed by atoms with Crippen molar-refractivity contribution in [1.29, 1.82) is 0 Å². The highest BCUT2D eigenvalue weighted by atomic mass is 16.3. The number of hydrogen-bond acceptors (Lipinski definition) is 3. The van der Waals surface area contributed by atoms with E-state index in [0.29, 0.717) is 12.5 Å². The molecule has 0 spiro atoms. The predicted molar refractivity (Wildman–Crippen MR) is 82.8 cm³/mol. The molecule has 2 N–H and O–H groups in total. The van der Waals surface area contributed by atoms with Crippen molar-refractivity contribution in [2.24, 2.45) is 7.05 Å². The number of aryl methyl sites for hydroxylation is 1. The van der Waals surface area contributed by atoms with Gasteiger partial charge in [0.2, 0.25) is 0 Å². The lowest BCUT2D eigenvalue weighted by atomic mass is 9.94. The standard InChI is InChI=1S/C16H25N3O/c1-12(2)17-10-9-16(3,20)11-14-13-7-5-6-8-15(13)19(4)18-14/h5-8,12,17,20H,9-11H2,1-4H3. The molecule has 0 amide bonds. The molecule has 4 heteroatoms. The van der Waals surface area contributed by atoms with Crippen molar-refractivity contribution in [1.82, 2.24) is 15.1 Å². The molecule has 0 radical (unpaired) electrons. The van der Waals surface area contributed by atoms with E-state index in [2.05, 4.69) is 36.4 Å². The summed E-state index contributed by atoms with van der Waals surface area (Å²) in [4.78, 5) is 0. The zero-order chi connectivity index (χ0) is 14.8. The Kier molecular flexibility index (Phi) is 4.45. The number of hydrogen-bond donors (Lipinski definition) is 2. The van der Waals surface area contributed by atoms with Crippen LogP contribution in [0.5, 0.6) is 0 Å². The van der Waals surface area contributed by atoms with Crippen molar-refractivity contribution in [2.75, 3.05) is 6.54 Å². The second-order valence-corrected chi connectivity index (χ2v) is 6.12. The summed E-state index contributed by atoms with van der Waals surface area (Å²) in [5, 5.41) is 19.6.